The lowest BCUT2D eigenvalue weighted by molar-refractivity contribution is -0.134. The number of hydrogen-bond donors (Lipinski definition) is 1. The highest BCUT2D eigenvalue weighted by atomic mass is 35.5. The summed E-state index contributed by atoms with van der Waals surface area (Å²) in [7, 11) is 0. The van der Waals surface area contributed by atoms with E-state index >= 15 is 0 Å². The minimum atomic E-state index is -0.424. The maximum atomic E-state index is 11.8. The van der Waals surface area contributed by atoms with Crippen LogP contribution in [0.2, 0.25) is 0 Å². The van der Waals surface area contributed by atoms with E-state index in [4.69, 9.17) is 5.73 Å². The van der Waals surface area contributed by atoms with Crippen LogP contribution in [0.1, 0.15) is 25.6 Å². The number of rotatable bonds is 4. The molecule has 92 valence electrons. The highest BCUT2D eigenvalue weighted by Gasteiger charge is 2.20. The van der Waals surface area contributed by atoms with Crippen molar-refractivity contribution < 1.29 is 4.79 Å². The third-order valence-electron chi connectivity index (χ3n) is 2.20. The Kier molecular flexibility index (Phi) is 6.64. The van der Waals surface area contributed by atoms with Crippen LogP contribution in [0.4, 0.5) is 0 Å². The molecule has 0 aliphatic carbocycles. The summed E-state index contributed by atoms with van der Waals surface area (Å²) < 4.78 is 0. The zero-order chi connectivity index (χ0) is 11.4. The van der Waals surface area contributed by atoms with Crippen LogP contribution in [0, 0.1) is 0 Å². The van der Waals surface area contributed by atoms with Crippen LogP contribution in [0.15, 0.2) is 17.5 Å². The molecule has 0 aliphatic heterocycles. The molecule has 0 bridgehead atoms. The van der Waals surface area contributed by atoms with E-state index in [1.54, 1.807) is 18.3 Å². The summed E-state index contributed by atoms with van der Waals surface area (Å²) in [4.78, 5) is 14.8. The van der Waals surface area contributed by atoms with Gasteiger partial charge in [-0.05, 0) is 32.2 Å². The topological polar surface area (TPSA) is 46.3 Å². The van der Waals surface area contributed by atoms with Crippen LogP contribution in [-0.2, 0) is 11.3 Å². The van der Waals surface area contributed by atoms with Gasteiger partial charge in [0.2, 0.25) is 5.91 Å². The highest BCUT2D eigenvalue weighted by molar-refractivity contribution is 7.09. The quantitative estimate of drug-likeness (QED) is 0.905. The standard InChI is InChI=1S/C11H18N2OS.ClH/c1-8(2)13(11(14)9(3)12)7-10-5-4-6-15-10;/h4-6,8-9H,7,12H2,1-3H3;1H. The summed E-state index contributed by atoms with van der Waals surface area (Å²) in [6.45, 7) is 6.41. The highest BCUT2D eigenvalue weighted by Crippen LogP contribution is 2.14. The number of hydrogen-bond acceptors (Lipinski definition) is 3. The average Bonchev–Trinajstić information content (AvgIpc) is 2.64. The predicted octanol–water partition coefficient (Wildman–Crippen LogP) is 2.25. The molecule has 1 aromatic rings. The Bertz CT molecular complexity index is 312. The Hall–Kier alpha value is -0.580. The van der Waals surface area contributed by atoms with Gasteiger partial charge in [-0.1, -0.05) is 6.07 Å². The van der Waals surface area contributed by atoms with Gasteiger partial charge in [-0.15, -0.1) is 23.7 Å². The lowest BCUT2D eigenvalue weighted by Crippen LogP contribution is -2.44. The molecule has 0 saturated heterocycles. The molecule has 2 N–H and O–H groups in total. The summed E-state index contributed by atoms with van der Waals surface area (Å²) in [6.07, 6.45) is 0. The first-order valence-corrected chi connectivity index (χ1v) is 5.98. The number of nitrogens with two attached hydrogens (primary N) is 1. The number of carbonyl (C=O) groups excluding carboxylic acids is 1. The normalized spacial score (nSPS) is 12.1. The lowest BCUT2D eigenvalue weighted by atomic mass is 10.2. The fraction of sp³-hybridized carbons (Fsp3) is 0.545. The fourth-order valence-electron chi connectivity index (χ4n) is 1.35. The van der Waals surface area contributed by atoms with E-state index in [2.05, 4.69) is 0 Å². The molecule has 0 radical (unpaired) electrons. The van der Waals surface area contributed by atoms with Crippen molar-refractivity contribution in [3.05, 3.63) is 22.4 Å². The molecule has 0 spiro atoms. The maximum Gasteiger partial charge on any atom is 0.239 e. The zero-order valence-electron chi connectivity index (χ0n) is 9.84. The molecule has 16 heavy (non-hydrogen) atoms. The van der Waals surface area contributed by atoms with E-state index in [0.29, 0.717) is 6.54 Å². The largest absolute Gasteiger partial charge is 0.334 e. The minimum absolute atomic E-state index is 0. The molecular weight excluding hydrogens is 244 g/mol. The molecule has 0 fully saturated rings. The zero-order valence-corrected chi connectivity index (χ0v) is 11.5. The van der Waals surface area contributed by atoms with Gasteiger partial charge in [0.05, 0.1) is 12.6 Å². The SMILES string of the molecule is CC(N)C(=O)N(Cc1cccs1)C(C)C.Cl. The summed E-state index contributed by atoms with van der Waals surface area (Å²) >= 11 is 1.66. The van der Waals surface area contributed by atoms with Crippen LogP contribution >= 0.6 is 23.7 Å². The molecule has 3 nitrogen and oxygen atoms in total. The molecule has 0 saturated carbocycles. The first-order chi connectivity index (χ1) is 7.02. The molecular formula is C11H19ClN2OS. The maximum absolute atomic E-state index is 11.8. The van der Waals surface area contributed by atoms with Crippen LogP contribution in [0.25, 0.3) is 0 Å². The molecule has 1 amide bonds. The second kappa shape index (κ2) is 6.89. The van der Waals surface area contributed by atoms with Gasteiger partial charge in [0.15, 0.2) is 0 Å². The van der Waals surface area contributed by atoms with Crippen molar-refractivity contribution in [1.82, 2.24) is 4.90 Å². The van der Waals surface area contributed by atoms with Crippen LogP contribution < -0.4 is 5.73 Å². The minimum Gasteiger partial charge on any atom is -0.334 e. The van der Waals surface area contributed by atoms with Crippen molar-refractivity contribution in [2.75, 3.05) is 0 Å². The molecule has 1 unspecified atom stereocenters. The summed E-state index contributed by atoms with van der Waals surface area (Å²) in [5, 5.41) is 2.02. The smallest absolute Gasteiger partial charge is 0.239 e. The first kappa shape index (κ1) is 15.4. The van der Waals surface area contributed by atoms with Crippen LogP contribution in [0.5, 0.6) is 0 Å². The molecule has 0 aliphatic rings. The van der Waals surface area contributed by atoms with Crippen LogP contribution in [-0.4, -0.2) is 22.9 Å². The number of halogens is 1. The van der Waals surface area contributed by atoms with E-state index in [0.717, 1.165) is 0 Å². The lowest BCUT2D eigenvalue weighted by Gasteiger charge is -2.27. The van der Waals surface area contributed by atoms with Gasteiger partial charge in [0, 0.05) is 10.9 Å². The van der Waals surface area contributed by atoms with Gasteiger partial charge >= 0.3 is 0 Å². The average molecular weight is 263 g/mol. The Labute approximate surface area is 107 Å². The molecule has 1 rings (SSSR count). The number of nitrogens with zero attached hydrogens (tertiary/aromatic N) is 1. The molecule has 1 aromatic heterocycles. The third-order valence-corrected chi connectivity index (χ3v) is 3.06. The van der Waals surface area contributed by atoms with Gasteiger partial charge in [0.25, 0.3) is 0 Å². The second-order valence-corrected chi connectivity index (χ2v) is 4.96. The first-order valence-electron chi connectivity index (χ1n) is 5.10. The Morgan fingerprint density at radius 3 is 2.50 bits per heavy atom. The van der Waals surface area contributed by atoms with Crippen molar-refractivity contribution in [1.29, 1.82) is 0 Å². The third kappa shape index (κ3) is 4.12. The number of carbonyl (C=O) groups is 1. The van der Waals surface area contributed by atoms with Gasteiger partial charge in [-0.25, -0.2) is 0 Å². The summed E-state index contributed by atoms with van der Waals surface area (Å²) in [5.41, 5.74) is 5.62. The Morgan fingerprint density at radius 2 is 2.12 bits per heavy atom. The summed E-state index contributed by atoms with van der Waals surface area (Å²) in [5.74, 6) is 0.0124. The fourth-order valence-corrected chi connectivity index (χ4v) is 2.05. The predicted molar refractivity (Wildman–Crippen MR) is 70.9 cm³/mol. The second-order valence-electron chi connectivity index (χ2n) is 3.93. The van der Waals surface area contributed by atoms with Crippen molar-refractivity contribution >= 4 is 29.7 Å². The molecule has 0 aromatic carbocycles. The molecule has 1 atom stereocenters. The number of amides is 1. The van der Waals surface area contributed by atoms with Crippen LogP contribution in [0.3, 0.4) is 0 Å². The van der Waals surface area contributed by atoms with E-state index in [-0.39, 0.29) is 24.4 Å². The van der Waals surface area contributed by atoms with E-state index in [9.17, 15) is 4.79 Å². The van der Waals surface area contributed by atoms with E-state index < -0.39 is 6.04 Å². The summed E-state index contributed by atoms with van der Waals surface area (Å²) in [6, 6.07) is 3.79. The van der Waals surface area contributed by atoms with Gasteiger partial charge < -0.3 is 10.6 Å². The van der Waals surface area contributed by atoms with E-state index in [1.165, 1.54) is 4.88 Å². The van der Waals surface area contributed by atoms with Crippen molar-refractivity contribution in [3.63, 3.8) is 0 Å². The molecule has 1 heterocycles. The Balaban J connectivity index is 0.00000225. The van der Waals surface area contributed by atoms with Gasteiger partial charge in [-0.2, -0.15) is 0 Å². The molecule has 5 heteroatoms. The van der Waals surface area contributed by atoms with Gasteiger partial charge in [-0.3, -0.25) is 4.79 Å². The van der Waals surface area contributed by atoms with Gasteiger partial charge in [0.1, 0.15) is 0 Å². The Morgan fingerprint density at radius 1 is 1.50 bits per heavy atom. The van der Waals surface area contributed by atoms with Crippen molar-refractivity contribution in [2.45, 2.75) is 39.4 Å². The van der Waals surface area contributed by atoms with E-state index in [1.807, 2.05) is 36.3 Å². The monoisotopic (exact) mass is 262 g/mol. The number of thiophene rings is 1. The van der Waals surface area contributed by atoms with Crippen molar-refractivity contribution in [3.8, 4) is 0 Å². The van der Waals surface area contributed by atoms with Crippen molar-refractivity contribution in [2.24, 2.45) is 5.73 Å².